The molecule has 0 aromatic heterocycles. The van der Waals surface area contributed by atoms with E-state index in [4.69, 9.17) is 4.55 Å². The number of hydrogen-bond donors (Lipinski definition) is 2. The van der Waals surface area contributed by atoms with Crippen molar-refractivity contribution in [1.82, 2.24) is 5.32 Å². The van der Waals surface area contributed by atoms with Crippen molar-refractivity contribution in [3.8, 4) is 0 Å². The Morgan fingerprint density at radius 2 is 1.92 bits per heavy atom. The SMILES string of the molecule is CC(C)NC(CSO)C(=O)C(C)C. The fourth-order valence-corrected chi connectivity index (χ4v) is 1.50. The highest BCUT2D eigenvalue weighted by atomic mass is 32.2. The number of rotatable bonds is 6. The second-order valence-corrected chi connectivity index (χ2v) is 4.32. The Balaban J connectivity index is 4.15. The summed E-state index contributed by atoms with van der Waals surface area (Å²) in [7, 11) is 0. The number of ketones is 1. The van der Waals surface area contributed by atoms with Crippen LogP contribution in [0.3, 0.4) is 0 Å². The van der Waals surface area contributed by atoms with E-state index in [1.165, 1.54) is 0 Å². The number of carbonyl (C=O) groups excluding carboxylic acids is 1. The molecule has 0 aromatic rings. The molecule has 0 heterocycles. The van der Waals surface area contributed by atoms with Gasteiger partial charge < -0.3 is 9.87 Å². The van der Waals surface area contributed by atoms with Crippen molar-refractivity contribution in [1.29, 1.82) is 0 Å². The lowest BCUT2D eigenvalue weighted by atomic mass is 10.0. The molecule has 0 rings (SSSR count). The van der Waals surface area contributed by atoms with E-state index in [1.54, 1.807) is 0 Å². The zero-order chi connectivity index (χ0) is 10.4. The smallest absolute Gasteiger partial charge is 0.153 e. The molecular formula is C9H19NO2S. The Morgan fingerprint density at radius 1 is 1.38 bits per heavy atom. The van der Waals surface area contributed by atoms with Crippen molar-refractivity contribution >= 4 is 17.8 Å². The summed E-state index contributed by atoms with van der Waals surface area (Å²) in [6, 6.07) is 0.0369. The zero-order valence-corrected chi connectivity index (χ0v) is 9.52. The molecule has 78 valence electrons. The van der Waals surface area contributed by atoms with Crippen molar-refractivity contribution in [2.45, 2.75) is 39.8 Å². The molecule has 0 radical (unpaired) electrons. The number of nitrogens with one attached hydrogen (secondary N) is 1. The first-order valence-corrected chi connectivity index (χ1v) is 5.49. The molecule has 0 saturated carbocycles. The van der Waals surface area contributed by atoms with Crippen LogP contribution in [0.4, 0.5) is 0 Å². The van der Waals surface area contributed by atoms with Gasteiger partial charge in [0.05, 0.1) is 6.04 Å². The van der Waals surface area contributed by atoms with Crippen LogP contribution in [0, 0.1) is 5.92 Å². The van der Waals surface area contributed by atoms with Crippen LogP contribution in [-0.4, -0.2) is 28.2 Å². The highest BCUT2D eigenvalue weighted by Crippen LogP contribution is 2.05. The zero-order valence-electron chi connectivity index (χ0n) is 8.70. The second kappa shape index (κ2) is 6.40. The first-order chi connectivity index (χ1) is 5.99. The van der Waals surface area contributed by atoms with Crippen molar-refractivity contribution in [3.63, 3.8) is 0 Å². The molecule has 0 aromatic carbocycles. The maximum Gasteiger partial charge on any atom is 0.153 e. The molecule has 0 spiro atoms. The van der Waals surface area contributed by atoms with Crippen molar-refractivity contribution in [2.24, 2.45) is 5.92 Å². The van der Waals surface area contributed by atoms with Crippen molar-refractivity contribution in [2.75, 3.05) is 5.75 Å². The second-order valence-electron chi connectivity index (χ2n) is 3.73. The quantitative estimate of drug-likeness (QED) is 0.649. The highest BCUT2D eigenvalue weighted by Gasteiger charge is 2.21. The van der Waals surface area contributed by atoms with Gasteiger partial charge in [0.1, 0.15) is 0 Å². The predicted octanol–water partition coefficient (Wildman–Crippen LogP) is 1.78. The van der Waals surface area contributed by atoms with Crippen LogP contribution in [0.15, 0.2) is 0 Å². The summed E-state index contributed by atoms with van der Waals surface area (Å²) in [5.74, 6) is 0.605. The molecule has 0 fully saturated rings. The normalized spacial score (nSPS) is 13.8. The third kappa shape index (κ3) is 5.29. The summed E-state index contributed by atoms with van der Waals surface area (Å²) in [5.41, 5.74) is 0. The fourth-order valence-electron chi connectivity index (χ4n) is 1.09. The Kier molecular flexibility index (Phi) is 6.37. The minimum atomic E-state index is -0.227. The number of Topliss-reactive ketones (excluding diaryl/α,β-unsaturated/α-hetero) is 1. The lowest BCUT2D eigenvalue weighted by molar-refractivity contribution is -0.123. The maximum atomic E-state index is 11.6. The lowest BCUT2D eigenvalue weighted by Gasteiger charge is -2.20. The molecule has 13 heavy (non-hydrogen) atoms. The summed E-state index contributed by atoms with van der Waals surface area (Å²) in [4.78, 5) is 11.6. The molecule has 4 heteroatoms. The highest BCUT2D eigenvalue weighted by molar-refractivity contribution is 7.93. The van der Waals surface area contributed by atoms with Gasteiger partial charge in [0.15, 0.2) is 5.78 Å². The fraction of sp³-hybridized carbons (Fsp3) is 0.889. The van der Waals surface area contributed by atoms with E-state index in [1.807, 2.05) is 27.7 Å². The Hall–Kier alpha value is -0.0600. The lowest BCUT2D eigenvalue weighted by Crippen LogP contribution is -2.44. The van der Waals surface area contributed by atoms with Gasteiger partial charge in [-0.05, 0) is 12.0 Å². The largest absolute Gasteiger partial charge is 0.330 e. The molecule has 1 unspecified atom stereocenters. The van der Waals surface area contributed by atoms with Gasteiger partial charge in [-0.1, -0.05) is 27.7 Å². The number of hydrogen-bond acceptors (Lipinski definition) is 4. The van der Waals surface area contributed by atoms with E-state index in [0.29, 0.717) is 17.8 Å². The van der Waals surface area contributed by atoms with Gasteiger partial charge in [0, 0.05) is 17.7 Å². The molecule has 0 aliphatic carbocycles. The van der Waals surface area contributed by atoms with Crippen LogP contribution in [-0.2, 0) is 4.79 Å². The average molecular weight is 205 g/mol. The minimum Gasteiger partial charge on any atom is -0.330 e. The predicted molar refractivity (Wildman–Crippen MR) is 57.0 cm³/mol. The average Bonchev–Trinajstić information content (AvgIpc) is 2.01. The van der Waals surface area contributed by atoms with Crippen LogP contribution in [0.2, 0.25) is 0 Å². The van der Waals surface area contributed by atoms with Gasteiger partial charge in [-0.25, -0.2) is 0 Å². The summed E-state index contributed by atoms with van der Waals surface area (Å²) >= 11 is 0.714. The monoisotopic (exact) mass is 205 g/mol. The summed E-state index contributed by atoms with van der Waals surface area (Å²) in [6.07, 6.45) is 0. The van der Waals surface area contributed by atoms with E-state index in [0.717, 1.165) is 0 Å². The van der Waals surface area contributed by atoms with Crippen molar-refractivity contribution in [3.05, 3.63) is 0 Å². The molecule has 0 bridgehead atoms. The topological polar surface area (TPSA) is 49.3 Å². The molecule has 3 nitrogen and oxygen atoms in total. The summed E-state index contributed by atoms with van der Waals surface area (Å²) in [5, 5.41) is 3.13. The van der Waals surface area contributed by atoms with E-state index >= 15 is 0 Å². The van der Waals surface area contributed by atoms with E-state index in [2.05, 4.69) is 5.32 Å². The molecule has 1 atom stereocenters. The minimum absolute atomic E-state index is 0.0170. The van der Waals surface area contributed by atoms with Gasteiger partial charge >= 0.3 is 0 Å². The van der Waals surface area contributed by atoms with Gasteiger partial charge in [-0.2, -0.15) is 0 Å². The molecule has 0 saturated heterocycles. The van der Waals surface area contributed by atoms with Crippen LogP contribution >= 0.6 is 12.0 Å². The van der Waals surface area contributed by atoms with E-state index in [-0.39, 0.29) is 23.8 Å². The first-order valence-electron chi connectivity index (χ1n) is 4.55. The Morgan fingerprint density at radius 3 is 2.23 bits per heavy atom. The van der Waals surface area contributed by atoms with Crippen LogP contribution in [0.25, 0.3) is 0 Å². The summed E-state index contributed by atoms with van der Waals surface area (Å²) in [6.45, 7) is 7.73. The van der Waals surface area contributed by atoms with Crippen LogP contribution in [0.5, 0.6) is 0 Å². The third-order valence-electron chi connectivity index (χ3n) is 1.69. The molecule has 0 aliphatic heterocycles. The number of carbonyl (C=O) groups is 1. The third-order valence-corrected chi connectivity index (χ3v) is 2.17. The van der Waals surface area contributed by atoms with E-state index in [9.17, 15) is 4.79 Å². The Bertz CT molecular complexity index is 160. The van der Waals surface area contributed by atoms with Gasteiger partial charge in [0.2, 0.25) is 0 Å². The van der Waals surface area contributed by atoms with E-state index < -0.39 is 0 Å². The Labute approximate surface area is 84.5 Å². The molecular weight excluding hydrogens is 186 g/mol. The first kappa shape index (κ1) is 12.9. The van der Waals surface area contributed by atoms with Gasteiger partial charge in [0.25, 0.3) is 0 Å². The van der Waals surface area contributed by atoms with Crippen LogP contribution < -0.4 is 5.32 Å². The summed E-state index contributed by atoms with van der Waals surface area (Å²) < 4.78 is 8.70. The van der Waals surface area contributed by atoms with Gasteiger partial charge in [-0.15, -0.1) is 0 Å². The van der Waals surface area contributed by atoms with Gasteiger partial charge in [-0.3, -0.25) is 4.79 Å². The standard InChI is InChI=1S/C9H19NO2S/c1-6(2)9(11)8(5-13-12)10-7(3)4/h6-8,10,12H,5H2,1-4H3. The van der Waals surface area contributed by atoms with Crippen LogP contribution in [0.1, 0.15) is 27.7 Å². The molecule has 0 amide bonds. The maximum absolute atomic E-state index is 11.6. The molecule has 2 N–H and O–H groups in total. The van der Waals surface area contributed by atoms with Crippen molar-refractivity contribution < 1.29 is 9.35 Å². The molecule has 0 aliphatic rings.